The SMILES string of the molecule is C=C(/C=C\C=C/C)c1cc(-c2ccc3c(c2)-c2c(C=N)cccc2C32c3ccccc3C(C)(C)c3ccccc32)ccc1Nc1ccccc1.c1ccc(CCc2ccc(-c3ccccc3)cc2)cc1. The van der Waals surface area contributed by atoms with Gasteiger partial charge in [0, 0.05) is 34.1 Å². The van der Waals surface area contributed by atoms with E-state index < -0.39 is 5.41 Å². The third-order valence-electron chi connectivity index (χ3n) is 14.3. The summed E-state index contributed by atoms with van der Waals surface area (Å²) in [4.78, 5) is 0. The van der Waals surface area contributed by atoms with Gasteiger partial charge in [0.1, 0.15) is 0 Å². The van der Waals surface area contributed by atoms with Crippen LogP contribution in [0.4, 0.5) is 11.4 Å². The zero-order chi connectivity index (χ0) is 48.1. The van der Waals surface area contributed by atoms with Crippen molar-refractivity contribution in [1.82, 2.24) is 0 Å². The Balaban J connectivity index is 0.000000236. The Morgan fingerprint density at radius 3 is 1.67 bits per heavy atom. The number of aryl methyl sites for hydroxylation is 2. The van der Waals surface area contributed by atoms with Crippen LogP contribution in [0.15, 0.2) is 249 Å². The summed E-state index contributed by atoms with van der Waals surface area (Å²) in [5, 5.41) is 12.2. The van der Waals surface area contributed by atoms with Gasteiger partial charge in [0.25, 0.3) is 0 Å². The lowest BCUT2D eigenvalue weighted by atomic mass is 9.55. The van der Waals surface area contributed by atoms with E-state index in [0.717, 1.165) is 57.6 Å². The molecule has 70 heavy (non-hydrogen) atoms. The number of hydrogen-bond donors (Lipinski definition) is 2. The predicted molar refractivity (Wildman–Crippen MR) is 298 cm³/mol. The average molecular weight is 903 g/mol. The van der Waals surface area contributed by atoms with Crippen molar-refractivity contribution in [2.24, 2.45) is 0 Å². The molecule has 0 aliphatic heterocycles. The van der Waals surface area contributed by atoms with Gasteiger partial charge in [-0.1, -0.05) is 233 Å². The van der Waals surface area contributed by atoms with E-state index in [1.165, 1.54) is 67.4 Å². The predicted octanol–water partition coefficient (Wildman–Crippen LogP) is 17.4. The lowest BCUT2D eigenvalue weighted by Gasteiger charge is -2.46. The molecule has 340 valence electrons. The molecule has 0 radical (unpaired) electrons. The van der Waals surface area contributed by atoms with Gasteiger partial charge in [-0.15, -0.1) is 0 Å². The van der Waals surface area contributed by atoms with E-state index in [9.17, 15) is 0 Å². The maximum absolute atomic E-state index is 8.53. The van der Waals surface area contributed by atoms with Crippen LogP contribution < -0.4 is 5.32 Å². The van der Waals surface area contributed by atoms with Crippen molar-refractivity contribution >= 4 is 23.2 Å². The normalized spacial score (nSPS) is 13.4. The summed E-state index contributed by atoms with van der Waals surface area (Å²) in [5.41, 5.74) is 22.1. The molecule has 1 spiro atoms. The molecule has 0 fully saturated rings. The van der Waals surface area contributed by atoms with Gasteiger partial charge in [0.05, 0.1) is 5.41 Å². The number of para-hydroxylation sites is 1. The zero-order valence-electron chi connectivity index (χ0n) is 40.3. The Kier molecular flexibility index (Phi) is 12.8. The Bertz CT molecular complexity index is 3340. The van der Waals surface area contributed by atoms with Gasteiger partial charge in [0.2, 0.25) is 0 Å². The van der Waals surface area contributed by atoms with Gasteiger partial charge in [-0.3, -0.25) is 0 Å². The van der Waals surface area contributed by atoms with E-state index in [4.69, 9.17) is 5.41 Å². The van der Waals surface area contributed by atoms with Crippen molar-refractivity contribution in [1.29, 1.82) is 5.41 Å². The molecule has 0 unspecified atom stereocenters. The van der Waals surface area contributed by atoms with Gasteiger partial charge < -0.3 is 10.7 Å². The maximum atomic E-state index is 8.53. The Morgan fingerprint density at radius 1 is 0.500 bits per heavy atom. The van der Waals surface area contributed by atoms with E-state index in [2.05, 4.69) is 232 Å². The molecule has 0 heterocycles. The highest BCUT2D eigenvalue weighted by molar-refractivity contribution is 5.99. The van der Waals surface area contributed by atoms with Crippen molar-refractivity contribution in [2.45, 2.75) is 44.4 Å². The number of allylic oxidation sites excluding steroid dienone is 5. The largest absolute Gasteiger partial charge is 0.355 e. The second-order valence-corrected chi connectivity index (χ2v) is 18.9. The van der Waals surface area contributed by atoms with Crippen LogP contribution in [0, 0.1) is 5.41 Å². The molecule has 11 rings (SSSR count). The minimum Gasteiger partial charge on any atom is -0.355 e. The fraction of sp³-hybridized carbons (Fsp3) is 0.103. The number of rotatable bonds is 11. The van der Waals surface area contributed by atoms with Gasteiger partial charge in [0.15, 0.2) is 0 Å². The highest BCUT2D eigenvalue weighted by Gasteiger charge is 2.53. The summed E-state index contributed by atoms with van der Waals surface area (Å²) in [5.74, 6) is 0. The van der Waals surface area contributed by atoms with Gasteiger partial charge >= 0.3 is 0 Å². The monoisotopic (exact) mass is 902 g/mol. The molecule has 0 amide bonds. The Hall–Kier alpha value is -8.33. The van der Waals surface area contributed by atoms with Crippen LogP contribution in [0.2, 0.25) is 0 Å². The molecule has 2 heteroatoms. The molecule has 2 nitrogen and oxygen atoms in total. The highest BCUT2D eigenvalue weighted by Crippen LogP contribution is 2.62. The van der Waals surface area contributed by atoms with E-state index in [1.54, 1.807) is 0 Å². The van der Waals surface area contributed by atoms with Gasteiger partial charge in [-0.25, -0.2) is 0 Å². The lowest BCUT2D eigenvalue weighted by Crippen LogP contribution is -2.40. The van der Waals surface area contributed by atoms with Crippen LogP contribution >= 0.6 is 0 Å². The molecule has 2 aliphatic rings. The summed E-state index contributed by atoms with van der Waals surface area (Å²) in [6.07, 6.45) is 11.9. The first-order valence-electron chi connectivity index (χ1n) is 24.4. The summed E-state index contributed by atoms with van der Waals surface area (Å²) in [7, 11) is 0. The third kappa shape index (κ3) is 8.48. The summed E-state index contributed by atoms with van der Waals surface area (Å²) in [6.45, 7) is 11.2. The van der Waals surface area contributed by atoms with Crippen LogP contribution in [0.1, 0.15) is 76.4 Å². The van der Waals surface area contributed by atoms with Crippen LogP contribution in [-0.2, 0) is 23.7 Å². The molecule has 0 saturated heterocycles. The van der Waals surface area contributed by atoms with E-state index >= 15 is 0 Å². The van der Waals surface area contributed by atoms with Crippen LogP contribution in [0.5, 0.6) is 0 Å². The molecular formula is C68H58N2. The van der Waals surface area contributed by atoms with Crippen molar-refractivity contribution < 1.29 is 0 Å². The number of hydrogen-bond acceptors (Lipinski definition) is 2. The fourth-order valence-electron chi connectivity index (χ4n) is 10.9. The summed E-state index contributed by atoms with van der Waals surface area (Å²) in [6, 6.07) is 78.4. The molecule has 2 aliphatic carbocycles. The molecule has 9 aromatic carbocycles. The van der Waals surface area contributed by atoms with Crippen molar-refractivity contribution in [2.75, 3.05) is 5.32 Å². The minimum atomic E-state index is -0.495. The standard InChI is InChI=1S/C48H40N2.C20H18/c1-5-6-8-16-32(2)37-29-34(26-28-45(37)50-36-18-9-7-10-19-36)33-25-27-39-38(30-33)46-35(31-49)17-15-24-44(46)48(39)42-22-13-11-20-40(42)47(3,4)41-21-12-14-23-43(41)48;1-3-7-17(8-4-1)11-12-18-13-15-20(16-14-18)19-9-5-2-6-10-19/h5-31,49-50H,2H2,1,3-4H3;1-10,13-16H,11-12H2/b6-5-,16-8-,49-31?;. The quantitative estimate of drug-likeness (QED) is 0.0985. The smallest absolute Gasteiger partial charge is 0.0719 e. The average Bonchev–Trinajstić information content (AvgIpc) is 3.71. The first-order valence-corrected chi connectivity index (χ1v) is 24.4. The molecule has 9 aromatic rings. The molecule has 0 atom stereocenters. The summed E-state index contributed by atoms with van der Waals surface area (Å²) >= 11 is 0. The molecule has 2 N–H and O–H groups in total. The number of benzene rings is 9. The first-order chi connectivity index (χ1) is 34.3. The third-order valence-corrected chi connectivity index (χ3v) is 14.3. The first kappa shape index (κ1) is 45.5. The Morgan fingerprint density at radius 2 is 1.03 bits per heavy atom. The van der Waals surface area contributed by atoms with Crippen molar-refractivity contribution in [3.05, 3.63) is 305 Å². The van der Waals surface area contributed by atoms with Gasteiger partial charge in [-0.05, 0) is 134 Å². The van der Waals surface area contributed by atoms with Crippen LogP contribution in [-0.4, -0.2) is 6.21 Å². The molecule has 0 bridgehead atoms. The zero-order valence-corrected chi connectivity index (χ0v) is 40.3. The molecule has 0 saturated carbocycles. The van der Waals surface area contributed by atoms with Crippen molar-refractivity contribution in [3.63, 3.8) is 0 Å². The van der Waals surface area contributed by atoms with Gasteiger partial charge in [-0.2, -0.15) is 0 Å². The lowest BCUT2D eigenvalue weighted by molar-refractivity contribution is 0.563. The van der Waals surface area contributed by atoms with E-state index in [1.807, 2.05) is 43.4 Å². The number of anilines is 2. The number of nitrogens with one attached hydrogen (secondary N) is 2. The highest BCUT2D eigenvalue weighted by atomic mass is 14.9. The maximum Gasteiger partial charge on any atom is 0.0719 e. The number of fused-ring (bicyclic) bond motifs is 9. The van der Waals surface area contributed by atoms with Crippen LogP contribution in [0.25, 0.3) is 39.0 Å². The van der Waals surface area contributed by atoms with E-state index in [0.29, 0.717) is 0 Å². The molecular weight excluding hydrogens is 845 g/mol. The van der Waals surface area contributed by atoms with Crippen LogP contribution in [0.3, 0.4) is 0 Å². The minimum absolute atomic E-state index is 0.157. The van der Waals surface area contributed by atoms with Crippen molar-refractivity contribution in [3.8, 4) is 33.4 Å². The van der Waals surface area contributed by atoms with E-state index in [-0.39, 0.29) is 5.41 Å². The topological polar surface area (TPSA) is 35.9 Å². The second kappa shape index (κ2) is 19.7. The fourth-order valence-corrected chi connectivity index (χ4v) is 10.9. The summed E-state index contributed by atoms with van der Waals surface area (Å²) < 4.78 is 0. The second-order valence-electron chi connectivity index (χ2n) is 18.9. The molecule has 0 aromatic heterocycles. The Labute approximate surface area is 414 Å².